The molecule has 0 aromatic heterocycles. The summed E-state index contributed by atoms with van der Waals surface area (Å²) < 4.78 is 33.5. The number of rotatable bonds is 21. The van der Waals surface area contributed by atoms with Gasteiger partial charge in [-0.05, 0) is 25.7 Å². The Kier molecular flexibility index (Phi) is 24.4. The van der Waals surface area contributed by atoms with Crippen LogP contribution in [-0.4, -0.2) is 29.4 Å². The summed E-state index contributed by atoms with van der Waals surface area (Å²) in [4.78, 5) is 0. The number of hydrogen-bond acceptors (Lipinski definition) is 4. The van der Waals surface area contributed by atoms with E-state index in [0.717, 1.165) is 38.5 Å². The van der Waals surface area contributed by atoms with Gasteiger partial charge in [0.15, 0.2) is 0 Å². The standard InChI is InChI=1S/C23H48O4S.Na/c1-3-19-23(28(25,26)27)21-18-16-14-12-10-8-6-5-7-9-11-13-15-17-20-22(24)4-2;/h22-24H,3-21H2,1-2H3,(H,25,26,27);/q;+1/p-1. The van der Waals surface area contributed by atoms with Crippen LogP contribution < -0.4 is 29.6 Å². The van der Waals surface area contributed by atoms with Crippen molar-refractivity contribution in [3.63, 3.8) is 0 Å². The van der Waals surface area contributed by atoms with Crippen LogP contribution in [0.1, 0.15) is 136 Å². The van der Waals surface area contributed by atoms with E-state index < -0.39 is 15.4 Å². The molecule has 0 amide bonds. The second-order valence-electron chi connectivity index (χ2n) is 8.49. The Bertz CT molecular complexity index is 429. The number of aliphatic hydroxyl groups excluding tert-OH is 1. The molecule has 0 saturated carbocycles. The van der Waals surface area contributed by atoms with Crippen LogP contribution >= 0.6 is 0 Å². The Balaban J connectivity index is 0. The third-order valence-electron chi connectivity index (χ3n) is 5.80. The molecule has 0 radical (unpaired) electrons. The first-order valence-electron chi connectivity index (χ1n) is 12.0. The van der Waals surface area contributed by atoms with Crippen molar-refractivity contribution in [2.45, 2.75) is 147 Å². The first-order chi connectivity index (χ1) is 13.4. The predicted molar refractivity (Wildman–Crippen MR) is 119 cm³/mol. The Morgan fingerprint density at radius 3 is 1.31 bits per heavy atom. The molecule has 0 rings (SSSR count). The minimum atomic E-state index is -4.11. The normalized spacial score (nSPS) is 13.8. The van der Waals surface area contributed by atoms with Crippen molar-refractivity contribution in [2.24, 2.45) is 0 Å². The third kappa shape index (κ3) is 21.9. The average molecular weight is 443 g/mol. The van der Waals surface area contributed by atoms with Gasteiger partial charge in [-0.2, -0.15) is 0 Å². The molecule has 29 heavy (non-hydrogen) atoms. The first-order valence-corrected chi connectivity index (χ1v) is 13.5. The van der Waals surface area contributed by atoms with Crippen molar-refractivity contribution in [1.29, 1.82) is 0 Å². The van der Waals surface area contributed by atoms with Crippen molar-refractivity contribution in [2.75, 3.05) is 0 Å². The zero-order valence-electron chi connectivity index (χ0n) is 19.7. The summed E-state index contributed by atoms with van der Waals surface area (Å²) >= 11 is 0. The van der Waals surface area contributed by atoms with Crippen LogP contribution in [0, 0.1) is 0 Å². The molecule has 170 valence electrons. The molecule has 0 saturated heterocycles. The zero-order valence-corrected chi connectivity index (χ0v) is 22.5. The maximum Gasteiger partial charge on any atom is 1.00 e. The van der Waals surface area contributed by atoms with Gasteiger partial charge in [0.05, 0.1) is 16.2 Å². The summed E-state index contributed by atoms with van der Waals surface area (Å²) in [6.45, 7) is 3.97. The molecular weight excluding hydrogens is 395 g/mol. The maximum absolute atomic E-state index is 11.2. The molecule has 0 aromatic carbocycles. The van der Waals surface area contributed by atoms with Gasteiger partial charge in [0.25, 0.3) is 0 Å². The van der Waals surface area contributed by atoms with E-state index in [1.54, 1.807) is 0 Å². The second-order valence-corrected chi connectivity index (χ2v) is 10.1. The van der Waals surface area contributed by atoms with Crippen molar-refractivity contribution in [3.05, 3.63) is 0 Å². The van der Waals surface area contributed by atoms with Gasteiger partial charge in [-0.15, -0.1) is 0 Å². The van der Waals surface area contributed by atoms with Crippen LogP contribution in [0.5, 0.6) is 0 Å². The molecule has 4 nitrogen and oxygen atoms in total. The fraction of sp³-hybridized carbons (Fsp3) is 1.00. The third-order valence-corrected chi connectivity index (χ3v) is 7.09. The topological polar surface area (TPSA) is 77.4 Å². The smallest absolute Gasteiger partial charge is 0.748 e. The van der Waals surface area contributed by atoms with E-state index >= 15 is 0 Å². The quantitative estimate of drug-likeness (QED) is 0.167. The van der Waals surface area contributed by atoms with E-state index in [0.29, 0.717) is 12.8 Å². The summed E-state index contributed by atoms with van der Waals surface area (Å²) in [5.41, 5.74) is 0. The van der Waals surface area contributed by atoms with Crippen LogP contribution in [0.2, 0.25) is 0 Å². The van der Waals surface area contributed by atoms with E-state index in [4.69, 9.17) is 0 Å². The Hall–Kier alpha value is 0.870. The SMILES string of the molecule is CCCC(CCCCCCCCCCCCCCCCC(O)CC)S(=O)(=O)[O-].[Na+]. The van der Waals surface area contributed by atoms with Gasteiger partial charge in [0.1, 0.15) is 0 Å². The van der Waals surface area contributed by atoms with Crippen LogP contribution in [0.4, 0.5) is 0 Å². The first kappa shape index (κ1) is 32.1. The van der Waals surface area contributed by atoms with Crippen LogP contribution in [0.25, 0.3) is 0 Å². The molecule has 0 aliphatic carbocycles. The van der Waals surface area contributed by atoms with Crippen molar-refractivity contribution < 1.29 is 47.6 Å². The van der Waals surface area contributed by atoms with E-state index in [-0.39, 0.29) is 35.7 Å². The van der Waals surface area contributed by atoms with Crippen molar-refractivity contribution in [3.8, 4) is 0 Å². The molecular formula is C23H47NaO4S. The summed E-state index contributed by atoms with van der Waals surface area (Å²) in [6.07, 6.45) is 20.9. The summed E-state index contributed by atoms with van der Waals surface area (Å²) in [5.74, 6) is 0. The van der Waals surface area contributed by atoms with E-state index in [1.807, 2.05) is 13.8 Å². The minimum Gasteiger partial charge on any atom is -0.748 e. The van der Waals surface area contributed by atoms with Gasteiger partial charge < -0.3 is 9.66 Å². The van der Waals surface area contributed by atoms with E-state index in [1.165, 1.54) is 70.6 Å². The van der Waals surface area contributed by atoms with E-state index in [2.05, 4.69) is 0 Å². The van der Waals surface area contributed by atoms with Gasteiger partial charge in [0.2, 0.25) is 0 Å². The van der Waals surface area contributed by atoms with Gasteiger partial charge in [-0.1, -0.05) is 110 Å². The zero-order chi connectivity index (χ0) is 21.1. The number of aliphatic hydroxyl groups is 1. The monoisotopic (exact) mass is 442 g/mol. The van der Waals surface area contributed by atoms with Crippen LogP contribution in [-0.2, 0) is 10.1 Å². The fourth-order valence-electron chi connectivity index (χ4n) is 3.83. The Morgan fingerprint density at radius 1 is 0.655 bits per heavy atom. The molecule has 0 bridgehead atoms. The Morgan fingerprint density at radius 2 is 1.00 bits per heavy atom. The molecule has 2 atom stereocenters. The predicted octanol–water partition coefficient (Wildman–Crippen LogP) is 3.72. The largest absolute Gasteiger partial charge is 1.00 e. The van der Waals surface area contributed by atoms with Crippen LogP contribution in [0.3, 0.4) is 0 Å². The second kappa shape index (κ2) is 22.1. The number of hydrogen-bond donors (Lipinski definition) is 1. The molecule has 0 aromatic rings. The van der Waals surface area contributed by atoms with Gasteiger partial charge in [0, 0.05) is 5.25 Å². The summed E-state index contributed by atoms with van der Waals surface area (Å²) in [5, 5.41) is 8.83. The summed E-state index contributed by atoms with van der Waals surface area (Å²) in [6, 6.07) is 0. The molecule has 6 heteroatoms. The molecule has 2 unspecified atom stereocenters. The van der Waals surface area contributed by atoms with Gasteiger partial charge >= 0.3 is 29.6 Å². The van der Waals surface area contributed by atoms with Crippen molar-refractivity contribution >= 4 is 10.1 Å². The Labute approximate surface area is 204 Å². The minimum absolute atomic E-state index is 0. The van der Waals surface area contributed by atoms with Crippen molar-refractivity contribution in [1.82, 2.24) is 0 Å². The molecule has 0 heterocycles. The molecule has 1 N–H and O–H groups in total. The average Bonchev–Trinajstić information content (AvgIpc) is 2.65. The fourth-order valence-corrected chi connectivity index (χ4v) is 4.81. The van der Waals surface area contributed by atoms with Crippen LogP contribution in [0.15, 0.2) is 0 Å². The summed E-state index contributed by atoms with van der Waals surface area (Å²) in [7, 11) is -4.11. The molecule has 0 aliphatic rings. The maximum atomic E-state index is 11.2. The molecule has 0 fully saturated rings. The molecule has 0 aliphatic heterocycles. The van der Waals surface area contributed by atoms with Gasteiger partial charge in [-0.25, -0.2) is 8.42 Å². The molecule has 0 spiro atoms. The van der Waals surface area contributed by atoms with Gasteiger partial charge in [-0.3, -0.25) is 0 Å². The number of unbranched alkanes of at least 4 members (excludes halogenated alkanes) is 13. The van der Waals surface area contributed by atoms with E-state index in [9.17, 15) is 18.1 Å².